The first-order valence-corrected chi connectivity index (χ1v) is 10.6. The Morgan fingerprint density at radius 2 is 1.64 bits per heavy atom. The SMILES string of the molecule is Nc1nc2c(ncn2Cc2cn(C[C@H]3O[C@@H](n4cnc5c(=O)[nH]c(N)nc54)[C@H](O)[C@@H]3O)nn2)c(=O)[nH]1. The summed E-state index contributed by atoms with van der Waals surface area (Å²) in [6.07, 6.45) is -0.224. The van der Waals surface area contributed by atoms with E-state index in [4.69, 9.17) is 16.2 Å². The molecule has 6 heterocycles. The van der Waals surface area contributed by atoms with E-state index in [1.807, 2.05) is 0 Å². The Labute approximate surface area is 198 Å². The fraction of sp³-hybridized carbons (Fsp3) is 0.333. The Morgan fingerprint density at radius 1 is 0.972 bits per heavy atom. The lowest BCUT2D eigenvalue weighted by molar-refractivity contribution is -0.0403. The number of aromatic nitrogens is 11. The number of aromatic amines is 2. The molecule has 18 heteroatoms. The Hall–Kier alpha value is -4.68. The van der Waals surface area contributed by atoms with Crippen LogP contribution in [-0.4, -0.2) is 82.6 Å². The maximum Gasteiger partial charge on any atom is 0.280 e. The summed E-state index contributed by atoms with van der Waals surface area (Å²) < 4.78 is 10.3. The van der Waals surface area contributed by atoms with E-state index in [9.17, 15) is 19.8 Å². The van der Waals surface area contributed by atoms with Crippen LogP contribution in [0, 0.1) is 0 Å². The molecule has 0 saturated carbocycles. The van der Waals surface area contributed by atoms with Gasteiger partial charge in [-0.25, -0.2) is 14.6 Å². The predicted molar refractivity (Wildman–Crippen MR) is 120 cm³/mol. The quantitative estimate of drug-likeness (QED) is 0.139. The lowest BCUT2D eigenvalue weighted by Crippen LogP contribution is -2.33. The average Bonchev–Trinajstić information content (AvgIpc) is 3.59. The second-order valence-corrected chi connectivity index (χ2v) is 8.25. The number of nitrogens with two attached hydrogens (primary N) is 2. The lowest BCUT2D eigenvalue weighted by Gasteiger charge is -2.16. The van der Waals surface area contributed by atoms with Crippen LogP contribution in [0.3, 0.4) is 0 Å². The van der Waals surface area contributed by atoms with Crippen LogP contribution < -0.4 is 22.6 Å². The highest BCUT2D eigenvalue weighted by atomic mass is 16.6. The first-order chi connectivity index (χ1) is 17.3. The van der Waals surface area contributed by atoms with Crippen molar-refractivity contribution >= 4 is 34.2 Å². The van der Waals surface area contributed by atoms with Crippen molar-refractivity contribution in [2.75, 3.05) is 11.5 Å². The maximum absolute atomic E-state index is 12.0. The molecule has 1 aliphatic heterocycles. The molecule has 5 aromatic heterocycles. The lowest BCUT2D eigenvalue weighted by atomic mass is 10.1. The van der Waals surface area contributed by atoms with Gasteiger partial charge in [0.1, 0.15) is 24.0 Å². The van der Waals surface area contributed by atoms with Crippen molar-refractivity contribution in [3.05, 3.63) is 45.3 Å². The molecule has 186 valence electrons. The Balaban J connectivity index is 1.21. The number of hydrogen-bond acceptors (Lipinski definition) is 13. The van der Waals surface area contributed by atoms with Crippen LogP contribution in [0.2, 0.25) is 0 Å². The minimum Gasteiger partial charge on any atom is -0.387 e. The van der Waals surface area contributed by atoms with Gasteiger partial charge in [0.25, 0.3) is 11.1 Å². The number of hydrogen-bond donors (Lipinski definition) is 6. The monoisotopic (exact) mass is 497 g/mol. The molecule has 4 atom stereocenters. The Kier molecular flexibility index (Phi) is 4.81. The van der Waals surface area contributed by atoms with Crippen molar-refractivity contribution in [3.63, 3.8) is 0 Å². The summed E-state index contributed by atoms with van der Waals surface area (Å²) in [6.45, 7) is 0.258. The smallest absolute Gasteiger partial charge is 0.280 e. The van der Waals surface area contributed by atoms with Crippen molar-refractivity contribution < 1.29 is 14.9 Å². The van der Waals surface area contributed by atoms with Crippen LogP contribution in [-0.2, 0) is 17.8 Å². The summed E-state index contributed by atoms with van der Waals surface area (Å²) in [7, 11) is 0. The van der Waals surface area contributed by atoms with E-state index in [1.54, 1.807) is 10.8 Å². The summed E-state index contributed by atoms with van der Waals surface area (Å²) in [4.78, 5) is 45.0. The summed E-state index contributed by atoms with van der Waals surface area (Å²) in [5, 5.41) is 29.4. The number of aliphatic hydroxyl groups excluding tert-OH is 2. The van der Waals surface area contributed by atoms with Crippen molar-refractivity contribution in [1.29, 1.82) is 0 Å². The van der Waals surface area contributed by atoms with Gasteiger partial charge in [0, 0.05) is 0 Å². The predicted octanol–water partition coefficient (Wildman–Crippen LogP) is -3.32. The highest BCUT2D eigenvalue weighted by molar-refractivity contribution is 5.71. The molecule has 0 unspecified atom stereocenters. The van der Waals surface area contributed by atoms with Gasteiger partial charge in [-0.1, -0.05) is 5.21 Å². The fourth-order valence-electron chi connectivity index (χ4n) is 4.18. The van der Waals surface area contributed by atoms with Crippen LogP contribution in [0.5, 0.6) is 0 Å². The number of nitrogen functional groups attached to an aromatic ring is 2. The number of imidazole rings is 2. The van der Waals surface area contributed by atoms with Gasteiger partial charge in [-0.2, -0.15) is 9.97 Å². The van der Waals surface area contributed by atoms with E-state index in [2.05, 4.69) is 40.2 Å². The first kappa shape index (κ1) is 21.8. The number of H-pyrrole nitrogens is 2. The van der Waals surface area contributed by atoms with Crippen LogP contribution in [0.1, 0.15) is 11.9 Å². The van der Waals surface area contributed by atoms with Crippen molar-refractivity contribution in [3.8, 4) is 0 Å². The molecule has 18 nitrogen and oxygen atoms in total. The second-order valence-electron chi connectivity index (χ2n) is 8.25. The third-order valence-corrected chi connectivity index (χ3v) is 5.84. The first-order valence-electron chi connectivity index (χ1n) is 10.6. The van der Waals surface area contributed by atoms with E-state index in [-0.39, 0.29) is 41.7 Å². The van der Waals surface area contributed by atoms with E-state index in [0.717, 1.165) is 0 Å². The second kappa shape index (κ2) is 7.93. The molecule has 0 radical (unpaired) electrons. The minimum absolute atomic E-state index is 0.0177. The minimum atomic E-state index is -1.34. The highest BCUT2D eigenvalue weighted by Gasteiger charge is 2.44. The Bertz CT molecular complexity index is 1710. The third-order valence-electron chi connectivity index (χ3n) is 5.84. The molecular formula is C18H19N13O5. The van der Waals surface area contributed by atoms with Gasteiger partial charge in [0.05, 0.1) is 31.9 Å². The standard InChI is InChI=1S/C18H19N13O5/c19-17-23-12-8(14(34)25-17)21-4-29(12)1-6-2-30(28-27-6)3-7-10(32)11(33)16(36-7)31-5-22-9-13(31)24-18(20)26-15(9)35/h2,4-5,7,10-11,16,32-33H,1,3H2,(H3,19,23,25,34)(H3,20,24,26,35)/t7-,10-,11-,16-/m1/s1. The van der Waals surface area contributed by atoms with Crippen molar-refractivity contribution in [2.24, 2.45) is 0 Å². The number of fused-ring (bicyclic) bond motifs is 2. The number of nitrogens with zero attached hydrogens (tertiary/aromatic N) is 9. The van der Waals surface area contributed by atoms with Gasteiger partial charge in [-0.15, -0.1) is 5.10 Å². The van der Waals surface area contributed by atoms with Crippen LogP contribution >= 0.6 is 0 Å². The molecule has 5 aromatic rings. The average molecular weight is 497 g/mol. The normalized spacial score (nSPS) is 22.2. The third kappa shape index (κ3) is 3.47. The van der Waals surface area contributed by atoms with Crippen molar-refractivity contribution in [1.82, 2.24) is 54.0 Å². The molecule has 1 fully saturated rings. The number of ether oxygens (including phenoxy) is 1. The molecule has 0 aliphatic carbocycles. The fourth-order valence-corrected chi connectivity index (χ4v) is 4.18. The molecular weight excluding hydrogens is 478 g/mol. The van der Waals surface area contributed by atoms with Gasteiger partial charge in [0.2, 0.25) is 11.9 Å². The van der Waals surface area contributed by atoms with Gasteiger partial charge >= 0.3 is 0 Å². The molecule has 36 heavy (non-hydrogen) atoms. The zero-order chi connectivity index (χ0) is 25.1. The van der Waals surface area contributed by atoms with Crippen LogP contribution in [0.4, 0.5) is 11.9 Å². The van der Waals surface area contributed by atoms with Crippen LogP contribution in [0.25, 0.3) is 22.3 Å². The number of anilines is 2. The summed E-state index contributed by atoms with van der Waals surface area (Å²) >= 11 is 0. The molecule has 8 N–H and O–H groups in total. The molecule has 1 saturated heterocycles. The van der Waals surface area contributed by atoms with E-state index < -0.39 is 35.7 Å². The molecule has 1 aliphatic rings. The van der Waals surface area contributed by atoms with E-state index in [0.29, 0.717) is 11.3 Å². The largest absolute Gasteiger partial charge is 0.387 e. The Morgan fingerprint density at radius 3 is 2.39 bits per heavy atom. The van der Waals surface area contributed by atoms with Gasteiger partial charge in [0.15, 0.2) is 28.6 Å². The van der Waals surface area contributed by atoms with E-state index in [1.165, 1.54) is 21.9 Å². The molecule has 0 amide bonds. The summed E-state index contributed by atoms with van der Waals surface area (Å²) in [6, 6.07) is 0. The topological polar surface area (TPSA) is 260 Å². The zero-order valence-electron chi connectivity index (χ0n) is 18.3. The van der Waals surface area contributed by atoms with Gasteiger partial charge in [-0.05, 0) is 0 Å². The zero-order valence-corrected chi connectivity index (χ0v) is 18.3. The summed E-state index contributed by atoms with van der Waals surface area (Å²) in [5.74, 6) is -0.159. The number of aliphatic hydroxyl groups is 2. The van der Waals surface area contributed by atoms with Crippen LogP contribution in [0.15, 0.2) is 28.4 Å². The molecule has 0 aromatic carbocycles. The van der Waals surface area contributed by atoms with Gasteiger partial charge < -0.3 is 31.0 Å². The van der Waals surface area contributed by atoms with Crippen molar-refractivity contribution in [2.45, 2.75) is 37.6 Å². The van der Waals surface area contributed by atoms with E-state index >= 15 is 0 Å². The number of rotatable bonds is 5. The highest BCUT2D eigenvalue weighted by Crippen LogP contribution is 2.31. The summed E-state index contributed by atoms with van der Waals surface area (Å²) in [5.41, 5.74) is 11.3. The molecule has 0 bridgehead atoms. The molecule has 6 rings (SSSR count). The number of nitrogens with one attached hydrogen (secondary N) is 2. The van der Waals surface area contributed by atoms with Gasteiger partial charge in [-0.3, -0.25) is 24.1 Å². The molecule has 0 spiro atoms. The maximum atomic E-state index is 12.0.